The molecular formula is C19H21F2N5O3S. The maximum Gasteiger partial charge on any atom is 0.354 e. The van der Waals surface area contributed by atoms with Gasteiger partial charge in [-0.25, -0.2) is 27.6 Å². The number of rotatable bonds is 2. The lowest BCUT2D eigenvalue weighted by Gasteiger charge is -2.16. The van der Waals surface area contributed by atoms with E-state index in [2.05, 4.69) is 14.8 Å². The van der Waals surface area contributed by atoms with Crippen LogP contribution in [-0.4, -0.2) is 32.3 Å². The molecule has 0 bridgehead atoms. The molecule has 0 saturated carbocycles. The second kappa shape index (κ2) is 6.74. The first-order valence-corrected chi connectivity index (χ1v) is 11.4. The van der Waals surface area contributed by atoms with Crippen LogP contribution in [0.3, 0.4) is 0 Å². The second-order valence-corrected chi connectivity index (χ2v) is 9.74. The highest BCUT2D eigenvalue weighted by Crippen LogP contribution is 2.41. The fourth-order valence-corrected chi connectivity index (χ4v) is 5.59. The molecule has 2 aromatic rings. The van der Waals surface area contributed by atoms with E-state index in [-0.39, 0.29) is 35.5 Å². The average molecular weight is 437 g/mol. The largest absolute Gasteiger partial charge is 0.472 e. The van der Waals surface area contributed by atoms with Crippen molar-refractivity contribution < 1.29 is 22.5 Å². The van der Waals surface area contributed by atoms with Crippen molar-refractivity contribution >= 4 is 21.6 Å². The number of hydrogen-bond acceptors (Lipinski definition) is 4. The lowest BCUT2D eigenvalue weighted by Crippen LogP contribution is -2.19. The van der Waals surface area contributed by atoms with Gasteiger partial charge in [0.05, 0.1) is 12.7 Å². The summed E-state index contributed by atoms with van der Waals surface area (Å²) in [6.07, 6.45) is 1.80. The number of nitrogens with zero attached hydrogens (tertiary/aromatic N) is 3. The molecule has 0 fully saturated rings. The summed E-state index contributed by atoms with van der Waals surface area (Å²) in [7, 11) is -3.63. The third-order valence-corrected chi connectivity index (χ3v) is 7.18. The molecule has 3 atom stereocenters. The fraction of sp³-hybridized carbons (Fsp3) is 0.474. The van der Waals surface area contributed by atoms with Crippen molar-refractivity contribution in [3.8, 4) is 5.88 Å². The number of carbonyl (C=O) groups is 1. The predicted molar refractivity (Wildman–Crippen MR) is 105 cm³/mol. The Morgan fingerprint density at radius 1 is 1.33 bits per heavy atom. The number of fused-ring (bicyclic) bond motifs is 3. The van der Waals surface area contributed by atoms with E-state index >= 15 is 0 Å². The first-order valence-electron chi connectivity index (χ1n) is 9.82. The molecule has 2 aliphatic carbocycles. The molecule has 2 amide bonds. The zero-order valence-electron chi connectivity index (χ0n) is 16.3. The van der Waals surface area contributed by atoms with Gasteiger partial charge in [0, 0.05) is 18.5 Å². The summed E-state index contributed by atoms with van der Waals surface area (Å²) in [5.74, 6) is -0.132. The molecule has 160 valence electrons. The molecule has 1 aliphatic heterocycles. The summed E-state index contributed by atoms with van der Waals surface area (Å²) in [5.41, 5.74) is 2.33. The molecule has 3 N–H and O–H groups in total. The highest BCUT2D eigenvalue weighted by Gasteiger charge is 2.34. The van der Waals surface area contributed by atoms with Crippen LogP contribution in [0.25, 0.3) is 0 Å². The van der Waals surface area contributed by atoms with Crippen LogP contribution in [0.1, 0.15) is 35.6 Å². The molecule has 11 heteroatoms. The number of alkyl halides is 1. The van der Waals surface area contributed by atoms with E-state index in [0.29, 0.717) is 47.3 Å². The van der Waals surface area contributed by atoms with Gasteiger partial charge in [-0.2, -0.15) is 5.10 Å². The molecule has 2 heterocycles. The maximum atomic E-state index is 14.8. The van der Waals surface area contributed by atoms with Crippen LogP contribution in [0.5, 0.6) is 5.88 Å². The summed E-state index contributed by atoms with van der Waals surface area (Å²) >= 11 is 0. The monoisotopic (exact) mass is 437 g/mol. The number of halogens is 2. The molecule has 5 rings (SSSR count). The van der Waals surface area contributed by atoms with Crippen molar-refractivity contribution in [2.24, 2.45) is 9.50 Å². The van der Waals surface area contributed by atoms with Crippen molar-refractivity contribution in [1.82, 2.24) is 9.78 Å². The van der Waals surface area contributed by atoms with Crippen molar-refractivity contribution in [2.45, 2.75) is 62.7 Å². The van der Waals surface area contributed by atoms with Crippen molar-refractivity contribution in [3.63, 3.8) is 0 Å². The van der Waals surface area contributed by atoms with Crippen molar-refractivity contribution in [1.29, 1.82) is 0 Å². The molecule has 3 aliphatic rings. The minimum Gasteiger partial charge on any atom is -0.472 e. The van der Waals surface area contributed by atoms with Gasteiger partial charge in [-0.3, -0.25) is 0 Å². The SMILES string of the molecule is CC1Cn2ncc(S(N)(=O)=NC(=O)Nc3c4c(c(F)c5c3CC(F)C5)CCC4)c2O1. The normalized spacial score (nSPS) is 23.3. The molecule has 0 radical (unpaired) electrons. The van der Waals surface area contributed by atoms with Crippen molar-refractivity contribution in [3.05, 3.63) is 34.3 Å². The molecule has 30 heavy (non-hydrogen) atoms. The molecule has 0 saturated heterocycles. The van der Waals surface area contributed by atoms with Gasteiger partial charge < -0.3 is 10.1 Å². The Labute approximate surface area is 172 Å². The number of amides is 2. The van der Waals surface area contributed by atoms with E-state index in [0.717, 1.165) is 6.42 Å². The van der Waals surface area contributed by atoms with Gasteiger partial charge in [0.15, 0.2) is 9.92 Å². The lowest BCUT2D eigenvalue weighted by atomic mass is 9.98. The van der Waals surface area contributed by atoms with Crippen LogP contribution >= 0.6 is 0 Å². The van der Waals surface area contributed by atoms with Gasteiger partial charge in [0.25, 0.3) is 0 Å². The Morgan fingerprint density at radius 3 is 2.87 bits per heavy atom. The highest BCUT2D eigenvalue weighted by molar-refractivity contribution is 7.91. The summed E-state index contributed by atoms with van der Waals surface area (Å²) < 4.78 is 52.6. The molecule has 0 spiro atoms. The number of hydrogen-bond donors (Lipinski definition) is 2. The number of benzene rings is 1. The Bertz CT molecular complexity index is 1200. The Balaban J connectivity index is 1.51. The van der Waals surface area contributed by atoms with Crippen molar-refractivity contribution in [2.75, 3.05) is 5.32 Å². The summed E-state index contributed by atoms with van der Waals surface area (Å²) in [4.78, 5) is 12.7. The number of urea groups is 1. The van der Waals surface area contributed by atoms with Crippen LogP contribution in [0.15, 0.2) is 15.5 Å². The van der Waals surface area contributed by atoms with Gasteiger partial charge in [0.2, 0.25) is 5.88 Å². The summed E-state index contributed by atoms with van der Waals surface area (Å²) in [6.45, 7) is 2.31. The van der Waals surface area contributed by atoms with E-state index in [1.54, 1.807) is 0 Å². The lowest BCUT2D eigenvalue weighted by molar-refractivity contribution is 0.248. The summed E-state index contributed by atoms with van der Waals surface area (Å²) in [6, 6.07) is -0.932. The van der Waals surface area contributed by atoms with Gasteiger partial charge in [-0.1, -0.05) is 0 Å². The first-order chi connectivity index (χ1) is 14.2. The maximum absolute atomic E-state index is 14.8. The van der Waals surface area contributed by atoms with E-state index < -0.39 is 22.1 Å². The predicted octanol–water partition coefficient (Wildman–Crippen LogP) is 2.66. The van der Waals surface area contributed by atoms with Crippen LogP contribution in [0, 0.1) is 5.82 Å². The number of aromatic nitrogens is 2. The van der Waals surface area contributed by atoms with Gasteiger partial charge >= 0.3 is 6.03 Å². The minimum atomic E-state index is -3.63. The quantitative estimate of drug-likeness (QED) is 0.752. The van der Waals surface area contributed by atoms with E-state index in [1.807, 2.05) is 6.92 Å². The Hall–Kier alpha value is -2.53. The topological polar surface area (TPSA) is 112 Å². The molecular weight excluding hydrogens is 416 g/mol. The smallest absolute Gasteiger partial charge is 0.354 e. The number of nitrogens with two attached hydrogens (primary N) is 1. The number of anilines is 1. The van der Waals surface area contributed by atoms with Gasteiger partial charge in [-0.15, -0.1) is 4.36 Å². The highest BCUT2D eigenvalue weighted by atomic mass is 32.2. The van der Waals surface area contributed by atoms with Crippen LogP contribution < -0.4 is 15.2 Å². The van der Waals surface area contributed by atoms with Crippen LogP contribution in [0.2, 0.25) is 0 Å². The van der Waals surface area contributed by atoms with E-state index in [1.165, 1.54) is 10.9 Å². The minimum absolute atomic E-state index is 0.0137. The first kappa shape index (κ1) is 19.4. The zero-order valence-corrected chi connectivity index (χ0v) is 17.1. The Morgan fingerprint density at radius 2 is 2.07 bits per heavy atom. The Kier molecular flexibility index (Phi) is 4.37. The number of nitrogens with one attached hydrogen (secondary N) is 1. The number of ether oxygens (including phenoxy) is 1. The van der Waals surface area contributed by atoms with Crippen LogP contribution in [-0.2, 0) is 42.1 Å². The van der Waals surface area contributed by atoms with Gasteiger partial charge in [0.1, 0.15) is 23.0 Å². The summed E-state index contributed by atoms with van der Waals surface area (Å²) in [5, 5.41) is 12.6. The third-order valence-electron chi connectivity index (χ3n) is 5.83. The third kappa shape index (κ3) is 2.99. The zero-order chi connectivity index (χ0) is 21.2. The number of carbonyl (C=O) groups excluding carboxylic acids is 1. The van der Waals surface area contributed by atoms with Crippen LogP contribution in [0.4, 0.5) is 19.3 Å². The molecule has 3 unspecified atom stereocenters. The average Bonchev–Trinajstić information content (AvgIpc) is 3.40. The van der Waals surface area contributed by atoms with E-state index in [9.17, 15) is 17.8 Å². The fourth-order valence-electron chi connectivity index (χ4n) is 4.59. The van der Waals surface area contributed by atoms with E-state index in [4.69, 9.17) is 9.88 Å². The second-order valence-electron chi connectivity index (χ2n) is 7.98. The van der Waals surface area contributed by atoms with Gasteiger partial charge in [-0.05, 0) is 48.4 Å². The molecule has 1 aromatic carbocycles. The molecule has 1 aromatic heterocycles. The standard InChI is InChI=1S/C19H21F2N5O3S/c1-9-8-26-18(29-9)15(7-23-26)30(22,28)25-19(27)24-17-12-4-2-3-11(12)16(21)13-5-10(20)6-14(13)17/h7,9-10H,2-6,8H2,1H3,(H3,22,24,25,27,28). The molecule has 8 nitrogen and oxygen atoms in total.